The van der Waals surface area contributed by atoms with E-state index in [2.05, 4.69) is 16.4 Å². The Kier molecular flexibility index (Phi) is 3.90. The van der Waals surface area contributed by atoms with Crippen molar-refractivity contribution in [3.63, 3.8) is 0 Å². The zero-order valence-corrected chi connectivity index (χ0v) is 13.1. The molecule has 1 heterocycles. The van der Waals surface area contributed by atoms with Crippen LogP contribution in [0.25, 0.3) is 10.2 Å². The number of carbonyl (C=O) groups excluding carboxylic acids is 1. The number of fused-ring (bicyclic) bond motifs is 1. The third kappa shape index (κ3) is 2.99. The van der Waals surface area contributed by atoms with Gasteiger partial charge < -0.3 is 5.32 Å². The normalized spacial score (nSPS) is 10.9. The van der Waals surface area contributed by atoms with Gasteiger partial charge in [0.05, 0.1) is 16.6 Å². The summed E-state index contributed by atoms with van der Waals surface area (Å²) < 4.78 is 13.9. The predicted molar refractivity (Wildman–Crippen MR) is 87.8 cm³/mol. The van der Waals surface area contributed by atoms with E-state index in [1.165, 1.54) is 29.0 Å². The Morgan fingerprint density at radius 3 is 2.64 bits per heavy atom. The van der Waals surface area contributed by atoms with Gasteiger partial charge in [-0.15, -0.1) is 0 Å². The van der Waals surface area contributed by atoms with Crippen LogP contribution in [0.1, 0.15) is 16.7 Å². The zero-order valence-electron chi connectivity index (χ0n) is 12.3. The number of carbonyl (C=O) groups is 1. The highest BCUT2D eigenvalue weighted by Gasteiger charge is 2.11. The lowest BCUT2D eigenvalue weighted by Crippen LogP contribution is -2.14. The van der Waals surface area contributed by atoms with E-state index < -0.39 is 0 Å². The van der Waals surface area contributed by atoms with E-state index in [0.717, 1.165) is 21.3 Å². The van der Waals surface area contributed by atoms with Crippen LogP contribution in [0.5, 0.6) is 0 Å². The summed E-state index contributed by atoms with van der Waals surface area (Å²) in [6.07, 6.45) is 0.203. The summed E-state index contributed by atoms with van der Waals surface area (Å²) in [5.41, 5.74) is 4.02. The van der Waals surface area contributed by atoms with E-state index in [0.29, 0.717) is 5.13 Å². The fraction of sp³-hybridized carbons (Fsp3) is 0.176. The first-order chi connectivity index (χ1) is 10.5. The molecule has 0 aliphatic rings. The molecule has 0 saturated heterocycles. The molecule has 112 valence electrons. The molecule has 0 aliphatic heterocycles. The number of hydrogen-bond donors (Lipinski definition) is 1. The summed E-state index contributed by atoms with van der Waals surface area (Å²) >= 11 is 1.46. The molecule has 1 N–H and O–H groups in total. The molecule has 3 aromatic rings. The van der Waals surface area contributed by atoms with Gasteiger partial charge in [0, 0.05) is 0 Å². The van der Waals surface area contributed by atoms with Crippen molar-refractivity contribution >= 4 is 32.6 Å². The van der Waals surface area contributed by atoms with Gasteiger partial charge in [-0.1, -0.05) is 29.5 Å². The van der Waals surface area contributed by atoms with Crippen molar-refractivity contribution in [1.29, 1.82) is 0 Å². The molecule has 0 spiro atoms. The average Bonchev–Trinajstić information content (AvgIpc) is 2.89. The minimum Gasteiger partial charge on any atom is -0.302 e. The standard InChI is InChI=1S/C17H15FN2OS/c1-10-3-8-14-16(11(10)2)20-17(22-14)19-15(21)9-12-4-6-13(18)7-5-12/h3-8H,9H2,1-2H3,(H,19,20,21). The van der Waals surface area contributed by atoms with Crippen LogP contribution in [0, 0.1) is 19.7 Å². The zero-order chi connectivity index (χ0) is 15.7. The van der Waals surface area contributed by atoms with E-state index in [9.17, 15) is 9.18 Å². The molecule has 0 fully saturated rings. The van der Waals surface area contributed by atoms with Crippen LogP contribution in [0.15, 0.2) is 36.4 Å². The first kappa shape index (κ1) is 14.7. The third-order valence-corrected chi connectivity index (χ3v) is 4.55. The molecule has 22 heavy (non-hydrogen) atoms. The van der Waals surface area contributed by atoms with Crippen LogP contribution in [-0.4, -0.2) is 10.9 Å². The van der Waals surface area contributed by atoms with Crippen LogP contribution in [0.3, 0.4) is 0 Å². The van der Waals surface area contributed by atoms with E-state index in [1.54, 1.807) is 12.1 Å². The minimum absolute atomic E-state index is 0.153. The Hall–Kier alpha value is -2.27. The summed E-state index contributed by atoms with van der Waals surface area (Å²) in [5.74, 6) is -0.457. The SMILES string of the molecule is Cc1ccc2sc(NC(=O)Cc3ccc(F)cc3)nc2c1C. The largest absolute Gasteiger partial charge is 0.302 e. The molecule has 1 aromatic heterocycles. The van der Waals surface area contributed by atoms with Crippen LogP contribution < -0.4 is 5.32 Å². The number of halogens is 1. The van der Waals surface area contributed by atoms with Crippen molar-refractivity contribution in [2.75, 3.05) is 5.32 Å². The quantitative estimate of drug-likeness (QED) is 0.786. The highest BCUT2D eigenvalue weighted by molar-refractivity contribution is 7.22. The van der Waals surface area contributed by atoms with E-state index in [4.69, 9.17) is 0 Å². The lowest BCUT2D eigenvalue weighted by atomic mass is 10.1. The van der Waals surface area contributed by atoms with Crippen molar-refractivity contribution in [3.8, 4) is 0 Å². The molecule has 0 unspecified atom stereocenters. The molecule has 5 heteroatoms. The number of amides is 1. The summed E-state index contributed by atoms with van der Waals surface area (Å²) in [6, 6.07) is 10.0. The van der Waals surface area contributed by atoms with Crippen LogP contribution in [0.4, 0.5) is 9.52 Å². The van der Waals surface area contributed by atoms with Crippen LogP contribution in [-0.2, 0) is 11.2 Å². The number of nitrogens with zero attached hydrogens (tertiary/aromatic N) is 1. The van der Waals surface area contributed by atoms with Gasteiger partial charge in [-0.25, -0.2) is 9.37 Å². The molecule has 1 amide bonds. The number of anilines is 1. The Balaban J connectivity index is 1.76. The van der Waals surface area contributed by atoms with Crippen molar-refractivity contribution in [3.05, 3.63) is 58.9 Å². The maximum atomic E-state index is 12.9. The Morgan fingerprint density at radius 2 is 1.91 bits per heavy atom. The number of nitrogens with one attached hydrogen (secondary N) is 1. The van der Waals surface area contributed by atoms with Crippen molar-refractivity contribution in [2.24, 2.45) is 0 Å². The van der Waals surface area contributed by atoms with Crippen LogP contribution >= 0.6 is 11.3 Å². The second-order valence-corrected chi connectivity index (χ2v) is 6.26. The maximum absolute atomic E-state index is 12.9. The van der Waals surface area contributed by atoms with E-state index in [-0.39, 0.29) is 18.1 Å². The fourth-order valence-electron chi connectivity index (χ4n) is 2.23. The average molecular weight is 314 g/mol. The topological polar surface area (TPSA) is 42.0 Å². The number of rotatable bonds is 3. The number of benzene rings is 2. The minimum atomic E-state index is -0.304. The molecule has 0 bridgehead atoms. The highest BCUT2D eigenvalue weighted by Crippen LogP contribution is 2.29. The Labute approximate surface area is 131 Å². The van der Waals surface area contributed by atoms with Gasteiger partial charge in [-0.3, -0.25) is 4.79 Å². The number of aryl methyl sites for hydroxylation is 2. The van der Waals surface area contributed by atoms with Crippen molar-refractivity contribution < 1.29 is 9.18 Å². The summed E-state index contributed by atoms with van der Waals surface area (Å²) in [4.78, 5) is 16.6. The van der Waals surface area contributed by atoms with E-state index in [1.807, 2.05) is 19.9 Å². The lowest BCUT2D eigenvalue weighted by Gasteiger charge is -2.01. The van der Waals surface area contributed by atoms with Gasteiger partial charge in [-0.2, -0.15) is 0 Å². The molecule has 3 nitrogen and oxygen atoms in total. The molecule has 3 rings (SSSR count). The number of aromatic nitrogens is 1. The molecule has 0 saturated carbocycles. The molecule has 0 atom stereocenters. The van der Waals surface area contributed by atoms with Gasteiger partial charge in [0.2, 0.25) is 5.91 Å². The van der Waals surface area contributed by atoms with Gasteiger partial charge in [0.25, 0.3) is 0 Å². The molecule has 0 aliphatic carbocycles. The van der Waals surface area contributed by atoms with Gasteiger partial charge in [-0.05, 0) is 48.7 Å². The summed E-state index contributed by atoms with van der Waals surface area (Å²) in [6.45, 7) is 4.07. The second kappa shape index (κ2) is 5.85. The fourth-order valence-corrected chi connectivity index (χ4v) is 3.17. The predicted octanol–water partition coefficient (Wildman–Crippen LogP) is 4.23. The van der Waals surface area contributed by atoms with Gasteiger partial charge in [0.15, 0.2) is 5.13 Å². The molecule has 0 radical (unpaired) electrons. The van der Waals surface area contributed by atoms with Crippen molar-refractivity contribution in [2.45, 2.75) is 20.3 Å². The summed E-state index contributed by atoms with van der Waals surface area (Å²) in [7, 11) is 0. The highest BCUT2D eigenvalue weighted by atomic mass is 32.1. The summed E-state index contributed by atoms with van der Waals surface area (Å²) in [5, 5.41) is 3.41. The van der Waals surface area contributed by atoms with Gasteiger partial charge >= 0.3 is 0 Å². The number of hydrogen-bond acceptors (Lipinski definition) is 3. The second-order valence-electron chi connectivity index (χ2n) is 5.22. The Morgan fingerprint density at radius 1 is 1.18 bits per heavy atom. The third-order valence-electron chi connectivity index (χ3n) is 3.61. The first-order valence-corrected chi connectivity index (χ1v) is 7.75. The van der Waals surface area contributed by atoms with Crippen LogP contribution in [0.2, 0.25) is 0 Å². The Bertz CT molecular complexity index is 840. The monoisotopic (exact) mass is 314 g/mol. The maximum Gasteiger partial charge on any atom is 0.230 e. The smallest absolute Gasteiger partial charge is 0.230 e. The molecular weight excluding hydrogens is 299 g/mol. The van der Waals surface area contributed by atoms with Gasteiger partial charge in [0.1, 0.15) is 5.82 Å². The molecular formula is C17H15FN2OS. The molecule has 2 aromatic carbocycles. The number of thiazole rings is 1. The van der Waals surface area contributed by atoms with E-state index >= 15 is 0 Å². The lowest BCUT2D eigenvalue weighted by molar-refractivity contribution is -0.115. The van der Waals surface area contributed by atoms with Crippen molar-refractivity contribution in [1.82, 2.24) is 4.98 Å². The first-order valence-electron chi connectivity index (χ1n) is 6.94.